The smallest absolute Gasteiger partial charge is 0.248 e. The summed E-state index contributed by atoms with van der Waals surface area (Å²) in [5, 5.41) is 2.93. The first-order chi connectivity index (χ1) is 14.2. The molecule has 0 atom stereocenters. The molecule has 4 heteroatoms. The maximum atomic E-state index is 12.3. The number of rotatable bonds is 5. The first-order valence-electron chi connectivity index (χ1n) is 10.1. The van der Waals surface area contributed by atoms with Gasteiger partial charge in [0.1, 0.15) is 5.82 Å². The molecule has 1 amide bonds. The van der Waals surface area contributed by atoms with E-state index in [4.69, 9.17) is 0 Å². The summed E-state index contributed by atoms with van der Waals surface area (Å²) >= 11 is 0. The zero-order valence-electron chi connectivity index (χ0n) is 16.6. The van der Waals surface area contributed by atoms with Gasteiger partial charge in [-0.05, 0) is 54.7 Å². The molecule has 4 nitrogen and oxygen atoms in total. The molecule has 0 saturated carbocycles. The molecule has 0 unspecified atom stereocenters. The van der Waals surface area contributed by atoms with E-state index < -0.39 is 0 Å². The van der Waals surface area contributed by atoms with Crippen molar-refractivity contribution in [1.29, 1.82) is 0 Å². The lowest BCUT2D eigenvalue weighted by atomic mass is 10.0. The van der Waals surface area contributed by atoms with Crippen LogP contribution in [0.2, 0.25) is 0 Å². The summed E-state index contributed by atoms with van der Waals surface area (Å²) in [6.07, 6.45) is 5.82. The van der Waals surface area contributed by atoms with E-state index in [9.17, 15) is 4.79 Å². The number of hydrogen-bond donors (Lipinski definition) is 1. The van der Waals surface area contributed by atoms with Crippen molar-refractivity contribution in [2.24, 2.45) is 0 Å². The van der Waals surface area contributed by atoms with Crippen molar-refractivity contribution < 1.29 is 4.79 Å². The van der Waals surface area contributed by atoms with Gasteiger partial charge in [-0.25, -0.2) is 4.98 Å². The predicted octanol–water partition coefficient (Wildman–Crippen LogP) is 5.31. The van der Waals surface area contributed by atoms with E-state index in [2.05, 4.69) is 39.5 Å². The molecule has 0 spiro atoms. The number of aryl methyl sites for hydroxylation is 1. The molecule has 1 aliphatic rings. The summed E-state index contributed by atoms with van der Waals surface area (Å²) in [5.74, 6) is 0.836. The second kappa shape index (κ2) is 8.74. The minimum absolute atomic E-state index is 0.157. The second-order valence-corrected chi connectivity index (χ2v) is 7.31. The standard InChI is InChI=1S/C25H25N3O/c1-19-23(14-15-24(26-19)28-17-5-6-18-28)27-25(29)16-11-20-9-12-22(13-10-20)21-7-3-2-4-8-21/h2-4,7-16H,5-6,17-18H2,1H3,(H,27,29)/b16-11+. The van der Waals surface area contributed by atoms with Crippen LogP contribution in [-0.4, -0.2) is 24.0 Å². The van der Waals surface area contributed by atoms with Crippen LogP contribution < -0.4 is 10.2 Å². The van der Waals surface area contributed by atoms with Crippen LogP contribution in [0.5, 0.6) is 0 Å². The van der Waals surface area contributed by atoms with E-state index in [0.29, 0.717) is 0 Å². The van der Waals surface area contributed by atoms with Gasteiger partial charge in [-0.3, -0.25) is 4.79 Å². The van der Waals surface area contributed by atoms with Crippen molar-refractivity contribution in [2.75, 3.05) is 23.3 Å². The van der Waals surface area contributed by atoms with Gasteiger partial charge in [-0.2, -0.15) is 0 Å². The maximum absolute atomic E-state index is 12.3. The molecule has 1 saturated heterocycles. The van der Waals surface area contributed by atoms with Crippen LogP contribution in [0.15, 0.2) is 72.8 Å². The average Bonchev–Trinajstić information content (AvgIpc) is 3.30. The monoisotopic (exact) mass is 383 g/mol. The Bertz CT molecular complexity index is 1000. The van der Waals surface area contributed by atoms with Gasteiger partial charge in [-0.1, -0.05) is 54.6 Å². The van der Waals surface area contributed by atoms with Crippen LogP contribution in [0, 0.1) is 6.92 Å². The number of hydrogen-bond acceptors (Lipinski definition) is 3. The lowest BCUT2D eigenvalue weighted by Gasteiger charge is -2.17. The van der Waals surface area contributed by atoms with Crippen molar-refractivity contribution in [3.05, 3.63) is 84.1 Å². The third-order valence-corrected chi connectivity index (χ3v) is 5.20. The Labute approximate surface area is 171 Å². The van der Waals surface area contributed by atoms with Gasteiger partial charge in [0.25, 0.3) is 0 Å². The van der Waals surface area contributed by atoms with Crippen molar-refractivity contribution in [3.63, 3.8) is 0 Å². The van der Waals surface area contributed by atoms with Crippen molar-refractivity contribution in [2.45, 2.75) is 19.8 Å². The van der Waals surface area contributed by atoms with Crippen LogP contribution in [0.4, 0.5) is 11.5 Å². The highest BCUT2D eigenvalue weighted by Gasteiger charge is 2.14. The molecule has 2 aromatic carbocycles. The molecule has 0 bridgehead atoms. The summed E-state index contributed by atoms with van der Waals surface area (Å²) in [7, 11) is 0. The molecule has 0 aliphatic carbocycles. The Morgan fingerprint density at radius 2 is 1.62 bits per heavy atom. The molecule has 1 N–H and O–H groups in total. The topological polar surface area (TPSA) is 45.2 Å². The van der Waals surface area contributed by atoms with Crippen LogP contribution in [-0.2, 0) is 4.79 Å². The molecule has 4 rings (SSSR count). The zero-order chi connectivity index (χ0) is 20.1. The quantitative estimate of drug-likeness (QED) is 0.607. The van der Waals surface area contributed by atoms with Gasteiger partial charge in [0.2, 0.25) is 5.91 Å². The highest BCUT2D eigenvalue weighted by molar-refractivity contribution is 6.02. The van der Waals surface area contributed by atoms with E-state index in [1.165, 1.54) is 18.4 Å². The van der Waals surface area contributed by atoms with E-state index in [-0.39, 0.29) is 5.91 Å². The first-order valence-corrected chi connectivity index (χ1v) is 10.1. The molecular formula is C25H25N3O. The number of anilines is 2. The minimum atomic E-state index is -0.157. The molecule has 1 aromatic heterocycles. The Balaban J connectivity index is 1.38. The zero-order valence-corrected chi connectivity index (χ0v) is 16.6. The van der Waals surface area contributed by atoms with Gasteiger partial charge in [0.05, 0.1) is 11.4 Å². The van der Waals surface area contributed by atoms with Gasteiger partial charge >= 0.3 is 0 Å². The molecule has 1 fully saturated rings. The summed E-state index contributed by atoms with van der Waals surface area (Å²) in [6, 6.07) is 22.3. The predicted molar refractivity (Wildman–Crippen MR) is 120 cm³/mol. The lowest BCUT2D eigenvalue weighted by molar-refractivity contribution is -0.111. The molecule has 2 heterocycles. The molecular weight excluding hydrogens is 358 g/mol. The largest absolute Gasteiger partial charge is 0.357 e. The van der Waals surface area contributed by atoms with Gasteiger partial charge < -0.3 is 10.2 Å². The Kier molecular flexibility index (Phi) is 5.71. The Hall–Kier alpha value is -3.40. The van der Waals surface area contributed by atoms with Gasteiger partial charge in [0.15, 0.2) is 0 Å². The van der Waals surface area contributed by atoms with Crippen LogP contribution in [0.3, 0.4) is 0 Å². The maximum Gasteiger partial charge on any atom is 0.248 e. The fourth-order valence-corrected chi connectivity index (χ4v) is 3.57. The third kappa shape index (κ3) is 4.72. The number of aromatic nitrogens is 1. The van der Waals surface area contributed by atoms with Crippen LogP contribution in [0.1, 0.15) is 24.1 Å². The van der Waals surface area contributed by atoms with Crippen LogP contribution >= 0.6 is 0 Å². The number of carbonyl (C=O) groups excluding carboxylic acids is 1. The summed E-state index contributed by atoms with van der Waals surface area (Å²) in [6.45, 7) is 4.05. The molecule has 1 aliphatic heterocycles. The van der Waals surface area contributed by atoms with E-state index in [0.717, 1.165) is 41.4 Å². The highest BCUT2D eigenvalue weighted by atomic mass is 16.1. The Morgan fingerprint density at radius 1 is 0.931 bits per heavy atom. The minimum Gasteiger partial charge on any atom is -0.357 e. The number of carbonyl (C=O) groups is 1. The van der Waals surface area contributed by atoms with E-state index >= 15 is 0 Å². The molecule has 29 heavy (non-hydrogen) atoms. The van der Waals surface area contributed by atoms with Crippen molar-refractivity contribution in [3.8, 4) is 11.1 Å². The summed E-state index contributed by atoms with van der Waals surface area (Å²) in [5.41, 5.74) is 4.91. The van der Waals surface area contributed by atoms with Gasteiger partial charge in [-0.15, -0.1) is 0 Å². The fourth-order valence-electron chi connectivity index (χ4n) is 3.57. The number of amides is 1. The van der Waals surface area contributed by atoms with E-state index in [1.807, 2.05) is 55.5 Å². The van der Waals surface area contributed by atoms with Gasteiger partial charge in [0, 0.05) is 19.2 Å². The van der Waals surface area contributed by atoms with Crippen LogP contribution in [0.25, 0.3) is 17.2 Å². The highest BCUT2D eigenvalue weighted by Crippen LogP contribution is 2.22. The second-order valence-electron chi connectivity index (χ2n) is 7.31. The number of pyridine rings is 1. The van der Waals surface area contributed by atoms with E-state index in [1.54, 1.807) is 6.08 Å². The summed E-state index contributed by atoms with van der Waals surface area (Å²) < 4.78 is 0. The number of nitrogens with zero attached hydrogens (tertiary/aromatic N) is 2. The SMILES string of the molecule is Cc1nc(N2CCCC2)ccc1NC(=O)/C=C/c1ccc(-c2ccccc2)cc1. The Morgan fingerprint density at radius 3 is 2.31 bits per heavy atom. The average molecular weight is 383 g/mol. The molecule has 3 aromatic rings. The van der Waals surface area contributed by atoms with Crippen molar-refractivity contribution in [1.82, 2.24) is 4.98 Å². The molecule has 146 valence electrons. The first kappa shape index (κ1) is 18.9. The lowest BCUT2D eigenvalue weighted by Crippen LogP contribution is -2.19. The number of nitrogens with one attached hydrogen (secondary N) is 1. The fraction of sp³-hybridized carbons (Fsp3) is 0.200. The van der Waals surface area contributed by atoms with Crippen molar-refractivity contribution >= 4 is 23.5 Å². The normalized spacial score (nSPS) is 13.8. The molecule has 0 radical (unpaired) electrons. The third-order valence-electron chi connectivity index (χ3n) is 5.20. The number of benzene rings is 2. The summed E-state index contributed by atoms with van der Waals surface area (Å²) in [4.78, 5) is 19.3.